The highest BCUT2D eigenvalue weighted by molar-refractivity contribution is 7.54. The average Bonchev–Trinajstić information content (AvgIpc) is 2.04. The zero-order valence-corrected chi connectivity index (χ0v) is 8.67. The summed E-state index contributed by atoms with van der Waals surface area (Å²) in [6.07, 6.45) is 0. The van der Waals surface area contributed by atoms with Gasteiger partial charge in [0.25, 0.3) is 0 Å². The molecule has 0 rings (SSSR count). The van der Waals surface area contributed by atoms with E-state index in [-0.39, 0.29) is 5.92 Å². The number of hydrogen-bond donors (Lipinski definition) is 2. The highest BCUT2D eigenvalue weighted by Gasteiger charge is 2.35. The van der Waals surface area contributed by atoms with Crippen LogP contribution in [-0.4, -0.2) is 25.2 Å². The van der Waals surface area contributed by atoms with Gasteiger partial charge < -0.3 is 14.3 Å². The lowest BCUT2D eigenvalue weighted by Gasteiger charge is -2.25. The van der Waals surface area contributed by atoms with Gasteiger partial charge in [-0.15, -0.1) is 0 Å². The van der Waals surface area contributed by atoms with Crippen LogP contribution >= 0.6 is 7.60 Å². The molecule has 0 saturated heterocycles. The largest absolute Gasteiger partial charge is 0.349 e. The molecule has 74 valence electrons. The van der Waals surface area contributed by atoms with Crippen LogP contribution in [0.2, 0.25) is 0 Å². The molecule has 1 atom stereocenters. The molecule has 0 aliphatic rings. The molecule has 5 nitrogen and oxygen atoms in total. The van der Waals surface area contributed by atoms with E-state index in [0.29, 0.717) is 0 Å². The summed E-state index contributed by atoms with van der Waals surface area (Å²) in [7, 11) is -0.631. The molecule has 2 N–H and O–H groups in total. The molecule has 0 amide bonds. The van der Waals surface area contributed by atoms with Crippen LogP contribution in [0.4, 0.5) is 0 Å². The Labute approximate surface area is 72.6 Å². The normalized spacial score (nSPS) is 15.2. The molecule has 0 fully saturated rings. The minimum atomic E-state index is -3.21. The second-order valence-corrected chi connectivity index (χ2v) is 5.09. The number of nitrogens with one attached hydrogen (secondary N) is 1. The molecule has 6 heteroatoms. The first-order valence-electron chi connectivity index (χ1n) is 3.62. The van der Waals surface area contributed by atoms with Gasteiger partial charge in [0.05, 0.1) is 0 Å². The predicted octanol–water partition coefficient (Wildman–Crippen LogP) is 1.43. The van der Waals surface area contributed by atoms with Crippen molar-refractivity contribution in [3.05, 3.63) is 0 Å². The molecular formula is C6H16NO4P. The van der Waals surface area contributed by atoms with E-state index < -0.39 is 13.4 Å². The summed E-state index contributed by atoms with van der Waals surface area (Å²) in [5, 5.41) is 8.71. The maximum absolute atomic E-state index is 11.7. The Hall–Kier alpha value is 0.0700. The van der Waals surface area contributed by atoms with Gasteiger partial charge in [-0.2, -0.15) is 5.48 Å². The second-order valence-electron chi connectivity index (χ2n) is 2.72. The molecule has 0 aromatic carbocycles. The molecule has 0 aromatic heterocycles. The van der Waals surface area contributed by atoms with E-state index in [1.165, 1.54) is 14.2 Å². The van der Waals surface area contributed by atoms with Crippen LogP contribution in [0.15, 0.2) is 0 Å². The Kier molecular flexibility index (Phi) is 4.97. The van der Waals surface area contributed by atoms with Crippen LogP contribution in [0.3, 0.4) is 0 Å². The lowest BCUT2D eigenvalue weighted by Crippen LogP contribution is -2.32. The third-order valence-electron chi connectivity index (χ3n) is 1.61. The van der Waals surface area contributed by atoms with Crippen LogP contribution in [0.5, 0.6) is 0 Å². The zero-order valence-electron chi connectivity index (χ0n) is 7.77. The Morgan fingerprint density at radius 2 is 1.75 bits per heavy atom. The summed E-state index contributed by atoms with van der Waals surface area (Å²) in [5.74, 6) is -0.728. The lowest BCUT2D eigenvalue weighted by atomic mass is 10.2. The molecule has 12 heavy (non-hydrogen) atoms. The first-order valence-corrected chi connectivity index (χ1v) is 5.23. The van der Waals surface area contributed by atoms with Crippen LogP contribution in [-0.2, 0) is 13.6 Å². The predicted molar refractivity (Wildman–Crippen MR) is 45.2 cm³/mol. The van der Waals surface area contributed by atoms with E-state index in [9.17, 15) is 4.57 Å². The molecular weight excluding hydrogens is 181 g/mol. The van der Waals surface area contributed by atoms with Gasteiger partial charge in [-0.3, -0.25) is 4.57 Å². The van der Waals surface area contributed by atoms with E-state index in [4.69, 9.17) is 14.3 Å². The SMILES string of the molecule is COP(=O)(OC)C(NO)C(C)C. The van der Waals surface area contributed by atoms with E-state index in [1.54, 1.807) is 13.8 Å². The van der Waals surface area contributed by atoms with Gasteiger partial charge in [-0.25, -0.2) is 0 Å². The summed E-state index contributed by atoms with van der Waals surface area (Å²) in [6.45, 7) is 3.61. The topological polar surface area (TPSA) is 67.8 Å². The Bertz CT molecular complexity index is 165. The molecule has 0 aliphatic carbocycles. The molecule has 0 bridgehead atoms. The van der Waals surface area contributed by atoms with E-state index in [2.05, 4.69) is 0 Å². The third-order valence-corrected chi connectivity index (χ3v) is 4.02. The highest BCUT2D eigenvalue weighted by Crippen LogP contribution is 2.52. The van der Waals surface area contributed by atoms with Crippen molar-refractivity contribution in [1.82, 2.24) is 5.48 Å². The van der Waals surface area contributed by atoms with E-state index in [0.717, 1.165) is 0 Å². The van der Waals surface area contributed by atoms with Crippen molar-refractivity contribution >= 4 is 7.60 Å². The Morgan fingerprint density at radius 3 is 1.83 bits per heavy atom. The van der Waals surface area contributed by atoms with Gasteiger partial charge in [0.15, 0.2) is 0 Å². The van der Waals surface area contributed by atoms with Crippen LogP contribution < -0.4 is 5.48 Å². The lowest BCUT2D eigenvalue weighted by molar-refractivity contribution is 0.116. The van der Waals surface area contributed by atoms with Crippen LogP contribution in [0, 0.1) is 5.92 Å². The van der Waals surface area contributed by atoms with Gasteiger partial charge in [0, 0.05) is 14.2 Å². The molecule has 0 radical (unpaired) electrons. The summed E-state index contributed by atoms with van der Waals surface area (Å²) < 4.78 is 21.1. The van der Waals surface area contributed by atoms with Gasteiger partial charge in [0.2, 0.25) is 0 Å². The summed E-state index contributed by atoms with van der Waals surface area (Å²) >= 11 is 0. The molecule has 0 heterocycles. The van der Waals surface area contributed by atoms with Crippen molar-refractivity contribution in [3.63, 3.8) is 0 Å². The molecule has 0 spiro atoms. The summed E-state index contributed by atoms with van der Waals surface area (Å²) in [4.78, 5) is 0. The Balaban J connectivity index is 4.56. The summed E-state index contributed by atoms with van der Waals surface area (Å²) in [5.41, 5.74) is 1.93. The number of hydrogen-bond acceptors (Lipinski definition) is 5. The number of hydroxylamine groups is 1. The minimum absolute atomic E-state index is 0.0410. The number of rotatable bonds is 5. The van der Waals surface area contributed by atoms with Crippen molar-refractivity contribution in [2.75, 3.05) is 14.2 Å². The van der Waals surface area contributed by atoms with Crippen molar-refractivity contribution in [1.29, 1.82) is 0 Å². The maximum atomic E-state index is 11.7. The fraction of sp³-hybridized carbons (Fsp3) is 1.00. The average molecular weight is 197 g/mol. The fourth-order valence-corrected chi connectivity index (χ4v) is 2.36. The van der Waals surface area contributed by atoms with Crippen molar-refractivity contribution < 1.29 is 18.8 Å². The van der Waals surface area contributed by atoms with Gasteiger partial charge in [0.1, 0.15) is 5.78 Å². The van der Waals surface area contributed by atoms with Crippen molar-refractivity contribution in [2.45, 2.75) is 19.6 Å². The quantitative estimate of drug-likeness (QED) is 0.515. The first kappa shape index (κ1) is 12.1. The standard InChI is InChI=1S/C6H16NO4P/c1-5(2)6(7-8)12(9,10-3)11-4/h5-8H,1-4H3. The van der Waals surface area contributed by atoms with E-state index in [1.807, 2.05) is 5.48 Å². The van der Waals surface area contributed by atoms with Gasteiger partial charge >= 0.3 is 7.60 Å². The van der Waals surface area contributed by atoms with Crippen LogP contribution in [0.25, 0.3) is 0 Å². The maximum Gasteiger partial charge on any atom is 0.349 e. The van der Waals surface area contributed by atoms with E-state index >= 15 is 0 Å². The monoisotopic (exact) mass is 197 g/mol. The molecule has 0 aromatic rings. The zero-order chi connectivity index (χ0) is 9.78. The minimum Gasteiger partial charge on any atom is -0.316 e. The van der Waals surface area contributed by atoms with Crippen molar-refractivity contribution in [2.24, 2.45) is 5.92 Å². The van der Waals surface area contributed by atoms with Crippen LogP contribution in [0.1, 0.15) is 13.8 Å². The molecule has 0 saturated carbocycles. The van der Waals surface area contributed by atoms with Gasteiger partial charge in [-0.05, 0) is 5.92 Å². The van der Waals surface area contributed by atoms with Gasteiger partial charge in [-0.1, -0.05) is 13.8 Å². The van der Waals surface area contributed by atoms with Crippen molar-refractivity contribution in [3.8, 4) is 0 Å². The summed E-state index contributed by atoms with van der Waals surface area (Å²) in [6, 6.07) is 0. The first-order chi connectivity index (χ1) is 5.51. The second kappa shape index (κ2) is 4.94. The smallest absolute Gasteiger partial charge is 0.316 e. The highest BCUT2D eigenvalue weighted by atomic mass is 31.2. The fourth-order valence-electron chi connectivity index (χ4n) is 0.887. The third kappa shape index (κ3) is 2.54. The Morgan fingerprint density at radius 1 is 1.33 bits per heavy atom. The molecule has 0 aliphatic heterocycles. The molecule has 1 unspecified atom stereocenters.